The van der Waals surface area contributed by atoms with E-state index in [-0.39, 0.29) is 25.6 Å². The van der Waals surface area contributed by atoms with Crippen LogP contribution in [0.15, 0.2) is 29.1 Å². The largest absolute Gasteiger partial charge is 0.453 e. The number of ether oxygens (including phenoxy) is 2. The highest BCUT2D eigenvalue weighted by atomic mass is 35.5. The van der Waals surface area contributed by atoms with Crippen LogP contribution in [0.3, 0.4) is 0 Å². The first kappa shape index (κ1) is 22.7. The first-order chi connectivity index (χ1) is 14.8. The number of methoxy groups -OCH3 is 1. The Morgan fingerprint density at radius 2 is 2.10 bits per heavy atom. The Labute approximate surface area is 183 Å². The van der Waals surface area contributed by atoms with Crippen molar-refractivity contribution in [1.82, 2.24) is 14.9 Å². The van der Waals surface area contributed by atoms with Gasteiger partial charge in [0, 0.05) is 23.2 Å². The summed E-state index contributed by atoms with van der Waals surface area (Å²) in [7, 11) is 1.23. The van der Waals surface area contributed by atoms with E-state index in [1.165, 1.54) is 23.8 Å². The number of anilines is 1. The normalized spacial score (nSPS) is 14.5. The van der Waals surface area contributed by atoms with Crippen molar-refractivity contribution in [1.29, 1.82) is 0 Å². The van der Waals surface area contributed by atoms with Gasteiger partial charge in [0.05, 0.1) is 43.7 Å². The second-order valence-corrected chi connectivity index (χ2v) is 7.78. The third-order valence-corrected chi connectivity index (χ3v) is 5.23. The van der Waals surface area contributed by atoms with Crippen LogP contribution in [-0.4, -0.2) is 60.1 Å². The predicted molar refractivity (Wildman–Crippen MR) is 113 cm³/mol. The molecule has 0 spiro atoms. The number of aromatic nitrogens is 2. The van der Waals surface area contributed by atoms with E-state index in [0.29, 0.717) is 41.0 Å². The van der Waals surface area contributed by atoms with E-state index in [2.05, 4.69) is 20.4 Å². The minimum absolute atomic E-state index is 0.0917. The molecule has 31 heavy (non-hydrogen) atoms. The summed E-state index contributed by atoms with van der Waals surface area (Å²) in [6.45, 7) is 2.31. The second-order valence-electron chi connectivity index (χ2n) is 7.35. The van der Waals surface area contributed by atoms with Gasteiger partial charge in [-0.15, -0.1) is 0 Å². The zero-order chi connectivity index (χ0) is 22.6. The lowest BCUT2D eigenvalue weighted by Gasteiger charge is -2.39. The highest BCUT2D eigenvalue weighted by molar-refractivity contribution is 6.31. The predicted octanol–water partition coefficient (Wildman–Crippen LogP) is 1.18. The highest BCUT2D eigenvalue weighted by Gasteiger charge is 2.38. The van der Waals surface area contributed by atoms with Crippen molar-refractivity contribution in [3.05, 3.63) is 45.5 Å². The van der Waals surface area contributed by atoms with Crippen molar-refractivity contribution < 1.29 is 24.2 Å². The number of aliphatic hydroxyl groups is 1. The molecule has 0 bridgehead atoms. The van der Waals surface area contributed by atoms with Gasteiger partial charge in [-0.1, -0.05) is 11.6 Å². The zero-order valence-corrected chi connectivity index (χ0v) is 17.9. The average Bonchev–Trinajstić information content (AvgIpc) is 2.70. The van der Waals surface area contributed by atoms with Crippen LogP contribution >= 0.6 is 11.6 Å². The third kappa shape index (κ3) is 5.22. The maximum atomic E-state index is 12.7. The second kappa shape index (κ2) is 9.46. The molecule has 11 heteroatoms. The van der Waals surface area contributed by atoms with Gasteiger partial charge in [0.15, 0.2) is 0 Å². The van der Waals surface area contributed by atoms with Gasteiger partial charge in [0.1, 0.15) is 12.4 Å². The van der Waals surface area contributed by atoms with E-state index in [1.807, 2.05) is 0 Å². The number of hydrogen-bond acceptors (Lipinski definition) is 7. The average molecular weight is 451 g/mol. The van der Waals surface area contributed by atoms with Crippen molar-refractivity contribution in [2.45, 2.75) is 13.5 Å². The lowest BCUT2D eigenvalue weighted by Crippen LogP contribution is -2.53. The van der Waals surface area contributed by atoms with E-state index in [9.17, 15) is 19.5 Å². The van der Waals surface area contributed by atoms with Crippen molar-refractivity contribution in [3.63, 3.8) is 0 Å². The fourth-order valence-corrected chi connectivity index (χ4v) is 3.25. The lowest BCUT2D eigenvalue weighted by molar-refractivity contribution is -0.141. The molecule has 1 aromatic carbocycles. The quantitative estimate of drug-likeness (QED) is 0.577. The highest BCUT2D eigenvalue weighted by Crippen LogP contribution is 2.29. The summed E-state index contributed by atoms with van der Waals surface area (Å²) in [5.74, 6) is -0.0560. The van der Waals surface area contributed by atoms with Gasteiger partial charge >= 0.3 is 6.09 Å². The minimum Gasteiger partial charge on any atom is -0.453 e. The van der Waals surface area contributed by atoms with Gasteiger partial charge in [-0.2, -0.15) is 0 Å². The Bertz CT molecular complexity index is 1040. The molecule has 3 N–H and O–H groups in total. The van der Waals surface area contributed by atoms with Gasteiger partial charge in [0.25, 0.3) is 5.56 Å². The summed E-state index contributed by atoms with van der Waals surface area (Å²) in [6.07, 6.45) is -0.692. The molecule has 2 amide bonds. The van der Waals surface area contributed by atoms with Crippen LogP contribution in [0.1, 0.15) is 5.82 Å². The molecule has 3 rings (SSSR count). The molecule has 166 valence electrons. The number of nitrogens with zero attached hydrogens (tertiary/aromatic N) is 2. The Hall–Kier alpha value is -2.95. The van der Waals surface area contributed by atoms with Gasteiger partial charge in [-0.05, 0) is 25.1 Å². The first-order valence-electron chi connectivity index (χ1n) is 9.45. The molecule has 1 saturated heterocycles. The van der Waals surface area contributed by atoms with E-state index < -0.39 is 17.1 Å². The van der Waals surface area contributed by atoms with Crippen LogP contribution < -0.4 is 16.2 Å². The number of halogens is 1. The van der Waals surface area contributed by atoms with Gasteiger partial charge in [-0.25, -0.2) is 9.78 Å². The Morgan fingerprint density at radius 3 is 2.68 bits per heavy atom. The number of aliphatic hydroxyl groups excluding tert-OH is 1. The lowest BCUT2D eigenvalue weighted by atomic mass is 9.87. The molecule has 1 aliphatic heterocycles. The van der Waals surface area contributed by atoms with Gasteiger partial charge in [0.2, 0.25) is 5.91 Å². The standard InChI is InChI=1S/C20H23ClN4O6/c1-12-23-16(14-4-3-13(21)5-15(14)24-19(29)30-2)6-18(28)25(12)7-17(27)22-8-20(9-26)10-31-11-20/h3-6,26H,7-11H2,1-2H3,(H,22,27)(H,24,29). The van der Waals surface area contributed by atoms with Crippen LogP contribution in [0.4, 0.5) is 10.5 Å². The molecule has 0 radical (unpaired) electrons. The van der Waals surface area contributed by atoms with Gasteiger partial charge in [-0.3, -0.25) is 19.5 Å². The molecule has 0 aliphatic carbocycles. The maximum absolute atomic E-state index is 12.7. The van der Waals surface area contributed by atoms with Crippen LogP contribution in [0.2, 0.25) is 5.02 Å². The Kier molecular flexibility index (Phi) is 6.94. The molecule has 1 aliphatic rings. The summed E-state index contributed by atoms with van der Waals surface area (Å²) in [6, 6.07) is 6.03. The van der Waals surface area contributed by atoms with Crippen LogP contribution in [0.25, 0.3) is 11.3 Å². The molecule has 10 nitrogen and oxygen atoms in total. The third-order valence-electron chi connectivity index (χ3n) is 4.99. The zero-order valence-electron chi connectivity index (χ0n) is 17.1. The number of carbonyl (C=O) groups excluding carboxylic acids is 2. The fourth-order valence-electron chi connectivity index (χ4n) is 3.08. The van der Waals surface area contributed by atoms with Crippen LogP contribution in [-0.2, 0) is 20.8 Å². The molecule has 0 unspecified atom stereocenters. The summed E-state index contributed by atoms with van der Waals surface area (Å²) in [5, 5.41) is 15.1. The number of benzene rings is 1. The monoisotopic (exact) mass is 450 g/mol. The minimum atomic E-state index is -0.692. The summed E-state index contributed by atoms with van der Waals surface area (Å²) in [5.41, 5.74) is 0.225. The number of amides is 2. The number of nitrogens with one attached hydrogen (secondary N) is 2. The first-order valence-corrected chi connectivity index (χ1v) is 9.83. The molecule has 0 atom stereocenters. The fraction of sp³-hybridized carbons (Fsp3) is 0.400. The van der Waals surface area contributed by atoms with Crippen molar-refractivity contribution in [2.24, 2.45) is 5.41 Å². The molecular formula is C20H23ClN4O6. The topological polar surface area (TPSA) is 132 Å². The van der Waals surface area contributed by atoms with Crippen molar-refractivity contribution in [2.75, 3.05) is 38.8 Å². The van der Waals surface area contributed by atoms with Gasteiger partial charge < -0.3 is 19.9 Å². The van der Waals surface area contributed by atoms with Crippen molar-refractivity contribution >= 4 is 29.3 Å². The number of rotatable bonds is 7. The van der Waals surface area contributed by atoms with E-state index in [4.69, 9.17) is 16.3 Å². The maximum Gasteiger partial charge on any atom is 0.411 e. The summed E-state index contributed by atoms with van der Waals surface area (Å²) in [4.78, 5) is 41.1. The van der Waals surface area contributed by atoms with Crippen molar-refractivity contribution in [3.8, 4) is 11.3 Å². The molecule has 0 saturated carbocycles. The van der Waals surface area contributed by atoms with E-state index in [0.717, 1.165) is 0 Å². The Balaban J connectivity index is 1.80. The Morgan fingerprint density at radius 1 is 1.35 bits per heavy atom. The van der Waals surface area contributed by atoms with Crippen LogP contribution in [0.5, 0.6) is 0 Å². The van der Waals surface area contributed by atoms with E-state index in [1.54, 1.807) is 19.1 Å². The van der Waals surface area contributed by atoms with Crippen LogP contribution in [0, 0.1) is 12.3 Å². The smallest absolute Gasteiger partial charge is 0.411 e. The molecular weight excluding hydrogens is 428 g/mol. The molecule has 2 heterocycles. The number of carbonyl (C=O) groups is 2. The molecule has 1 aromatic heterocycles. The summed E-state index contributed by atoms with van der Waals surface area (Å²) < 4.78 is 11.0. The summed E-state index contributed by atoms with van der Waals surface area (Å²) >= 11 is 6.02. The van der Waals surface area contributed by atoms with E-state index >= 15 is 0 Å². The molecule has 2 aromatic rings. The SMILES string of the molecule is COC(=O)Nc1cc(Cl)ccc1-c1cc(=O)n(CC(=O)NCC2(CO)COC2)c(C)n1. The molecule has 1 fully saturated rings. The number of hydrogen-bond donors (Lipinski definition) is 3. The number of aryl methyl sites for hydroxylation is 1.